The van der Waals surface area contributed by atoms with Crippen molar-refractivity contribution < 1.29 is 13.5 Å². The van der Waals surface area contributed by atoms with Gasteiger partial charge in [0.15, 0.2) is 0 Å². The van der Waals surface area contributed by atoms with Crippen LogP contribution in [0.2, 0.25) is 0 Å². The fraction of sp³-hybridized carbons (Fsp3) is 0.250. The summed E-state index contributed by atoms with van der Waals surface area (Å²) in [4.78, 5) is 0. The number of hydrogen-bond donors (Lipinski definition) is 2. The lowest BCUT2D eigenvalue weighted by Gasteiger charge is -2.18. The van der Waals surface area contributed by atoms with Crippen LogP contribution in [0.3, 0.4) is 0 Å². The van der Waals surface area contributed by atoms with Gasteiger partial charge in [-0.05, 0) is 49.2 Å². The Kier molecular flexibility index (Phi) is 4.88. The second-order valence-corrected chi connectivity index (χ2v) is 5.04. The van der Waals surface area contributed by atoms with E-state index in [1.54, 1.807) is 6.07 Å². The van der Waals surface area contributed by atoms with Gasteiger partial charge in [-0.25, -0.2) is 14.2 Å². The standard InChI is InChI=1S/C16H18F2N2O/c1-10(2)21-15-5-3-4-11(8-15)16(20-19)12-6-13(17)9-14(18)7-12/h3-10,16,20H,19H2,1-2H3. The third-order valence-electron chi connectivity index (χ3n) is 2.95. The molecule has 112 valence electrons. The average Bonchev–Trinajstić information content (AvgIpc) is 2.38. The van der Waals surface area contributed by atoms with E-state index < -0.39 is 17.7 Å². The Hall–Kier alpha value is -1.98. The van der Waals surface area contributed by atoms with Crippen molar-refractivity contribution in [3.05, 3.63) is 65.2 Å². The van der Waals surface area contributed by atoms with Crippen molar-refractivity contribution in [3.8, 4) is 5.75 Å². The molecule has 0 spiro atoms. The van der Waals surface area contributed by atoms with Crippen molar-refractivity contribution in [2.24, 2.45) is 5.84 Å². The van der Waals surface area contributed by atoms with Crippen LogP contribution < -0.4 is 16.0 Å². The molecule has 0 saturated heterocycles. The molecular weight excluding hydrogens is 274 g/mol. The van der Waals surface area contributed by atoms with Gasteiger partial charge in [-0.1, -0.05) is 12.1 Å². The van der Waals surface area contributed by atoms with Gasteiger partial charge >= 0.3 is 0 Å². The Balaban J connectivity index is 2.36. The Morgan fingerprint density at radius 2 is 1.67 bits per heavy atom. The Bertz CT molecular complexity index is 597. The number of hydrogen-bond acceptors (Lipinski definition) is 3. The quantitative estimate of drug-likeness (QED) is 0.656. The molecule has 3 N–H and O–H groups in total. The summed E-state index contributed by atoms with van der Waals surface area (Å²) in [6.07, 6.45) is 0.0381. The Morgan fingerprint density at radius 1 is 1.00 bits per heavy atom. The molecule has 0 aliphatic heterocycles. The van der Waals surface area contributed by atoms with Crippen molar-refractivity contribution in [3.63, 3.8) is 0 Å². The molecule has 3 nitrogen and oxygen atoms in total. The van der Waals surface area contributed by atoms with Gasteiger partial charge in [-0.15, -0.1) is 0 Å². The first-order chi connectivity index (χ1) is 9.99. The first kappa shape index (κ1) is 15.4. The van der Waals surface area contributed by atoms with Crippen molar-refractivity contribution in [1.29, 1.82) is 0 Å². The number of hydrazine groups is 1. The molecule has 0 fully saturated rings. The monoisotopic (exact) mass is 292 g/mol. The number of halogens is 2. The molecular formula is C16H18F2N2O. The molecule has 0 radical (unpaired) electrons. The molecule has 5 heteroatoms. The van der Waals surface area contributed by atoms with Crippen LogP contribution in [0.15, 0.2) is 42.5 Å². The maximum absolute atomic E-state index is 13.4. The predicted octanol–water partition coefficient (Wildman–Crippen LogP) is 3.30. The van der Waals surface area contributed by atoms with E-state index in [0.717, 1.165) is 11.6 Å². The topological polar surface area (TPSA) is 47.3 Å². The van der Waals surface area contributed by atoms with Crippen molar-refractivity contribution >= 4 is 0 Å². The fourth-order valence-corrected chi connectivity index (χ4v) is 2.17. The van der Waals surface area contributed by atoms with Gasteiger partial charge < -0.3 is 4.74 Å². The molecule has 1 atom stereocenters. The van der Waals surface area contributed by atoms with E-state index in [1.165, 1.54) is 12.1 Å². The molecule has 2 rings (SSSR count). The number of rotatable bonds is 5. The van der Waals surface area contributed by atoms with Crippen molar-refractivity contribution in [2.75, 3.05) is 0 Å². The van der Waals surface area contributed by atoms with E-state index in [-0.39, 0.29) is 6.10 Å². The number of nitrogens with one attached hydrogen (secondary N) is 1. The zero-order chi connectivity index (χ0) is 15.4. The summed E-state index contributed by atoms with van der Waals surface area (Å²) in [5.41, 5.74) is 3.76. The molecule has 0 bridgehead atoms. The predicted molar refractivity (Wildman–Crippen MR) is 77.7 cm³/mol. The maximum Gasteiger partial charge on any atom is 0.126 e. The minimum absolute atomic E-state index is 0.0381. The summed E-state index contributed by atoms with van der Waals surface area (Å²) in [5, 5.41) is 0. The Labute approximate surface area is 122 Å². The van der Waals surface area contributed by atoms with Crippen LogP contribution in [0.25, 0.3) is 0 Å². The highest BCUT2D eigenvalue weighted by molar-refractivity contribution is 5.37. The van der Waals surface area contributed by atoms with Crippen LogP contribution in [0.1, 0.15) is 31.0 Å². The SMILES string of the molecule is CC(C)Oc1cccc(C(NN)c2cc(F)cc(F)c2)c1. The molecule has 0 saturated carbocycles. The molecule has 0 aliphatic carbocycles. The van der Waals surface area contributed by atoms with Gasteiger partial charge in [0.25, 0.3) is 0 Å². The van der Waals surface area contributed by atoms with E-state index in [4.69, 9.17) is 10.6 Å². The largest absolute Gasteiger partial charge is 0.491 e. The molecule has 1 unspecified atom stereocenters. The summed E-state index contributed by atoms with van der Waals surface area (Å²) in [7, 11) is 0. The van der Waals surface area contributed by atoms with E-state index in [1.807, 2.05) is 32.0 Å². The zero-order valence-electron chi connectivity index (χ0n) is 11.9. The van der Waals surface area contributed by atoms with Gasteiger partial charge in [0.05, 0.1) is 12.1 Å². The second-order valence-electron chi connectivity index (χ2n) is 5.04. The van der Waals surface area contributed by atoms with Crippen LogP contribution in [0.4, 0.5) is 8.78 Å². The second kappa shape index (κ2) is 6.65. The van der Waals surface area contributed by atoms with Gasteiger partial charge in [0.1, 0.15) is 17.4 Å². The van der Waals surface area contributed by atoms with Crippen LogP contribution >= 0.6 is 0 Å². The van der Waals surface area contributed by atoms with Gasteiger partial charge in [-0.2, -0.15) is 0 Å². The molecule has 21 heavy (non-hydrogen) atoms. The van der Waals surface area contributed by atoms with Crippen molar-refractivity contribution in [2.45, 2.75) is 26.0 Å². The third-order valence-corrected chi connectivity index (χ3v) is 2.95. The highest BCUT2D eigenvalue weighted by Crippen LogP contribution is 2.26. The minimum Gasteiger partial charge on any atom is -0.491 e. The first-order valence-electron chi connectivity index (χ1n) is 6.68. The van der Waals surface area contributed by atoms with Gasteiger partial charge in [0.2, 0.25) is 0 Å². The summed E-state index contributed by atoms with van der Waals surface area (Å²) >= 11 is 0. The fourth-order valence-electron chi connectivity index (χ4n) is 2.17. The smallest absolute Gasteiger partial charge is 0.126 e. The van der Waals surface area contributed by atoms with Crippen LogP contribution in [0, 0.1) is 11.6 Å². The van der Waals surface area contributed by atoms with E-state index >= 15 is 0 Å². The van der Waals surface area contributed by atoms with Gasteiger partial charge in [0, 0.05) is 6.07 Å². The lowest BCUT2D eigenvalue weighted by Crippen LogP contribution is -2.29. The molecule has 2 aromatic carbocycles. The average molecular weight is 292 g/mol. The van der Waals surface area contributed by atoms with Crippen LogP contribution in [-0.4, -0.2) is 6.10 Å². The number of ether oxygens (including phenoxy) is 1. The molecule has 0 heterocycles. The van der Waals surface area contributed by atoms with Gasteiger partial charge in [-0.3, -0.25) is 5.84 Å². The number of nitrogens with two attached hydrogens (primary N) is 1. The van der Waals surface area contributed by atoms with E-state index in [2.05, 4.69) is 5.43 Å². The lowest BCUT2D eigenvalue weighted by atomic mass is 9.99. The van der Waals surface area contributed by atoms with Crippen LogP contribution in [-0.2, 0) is 0 Å². The van der Waals surface area contributed by atoms with Crippen LogP contribution in [0.5, 0.6) is 5.75 Å². The maximum atomic E-state index is 13.4. The highest BCUT2D eigenvalue weighted by Gasteiger charge is 2.15. The highest BCUT2D eigenvalue weighted by atomic mass is 19.1. The lowest BCUT2D eigenvalue weighted by molar-refractivity contribution is 0.242. The summed E-state index contributed by atoms with van der Waals surface area (Å²) in [6, 6.07) is 10.1. The number of benzene rings is 2. The molecule has 0 amide bonds. The van der Waals surface area contributed by atoms with E-state index in [9.17, 15) is 8.78 Å². The van der Waals surface area contributed by atoms with E-state index in [0.29, 0.717) is 11.3 Å². The molecule has 0 aliphatic rings. The normalized spacial score (nSPS) is 12.5. The first-order valence-corrected chi connectivity index (χ1v) is 6.68. The third kappa shape index (κ3) is 4.00. The zero-order valence-corrected chi connectivity index (χ0v) is 11.9. The Morgan fingerprint density at radius 3 is 2.24 bits per heavy atom. The van der Waals surface area contributed by atoms with Crippen molar-refractivity contribution in [1.82, 2.24) is 5.43 Å². The summed E-state index contributed by atoms with van der Waals surface area (Å²) < 4.78 is 32.3. The summed E-state index contributed by atoms with van der Waals surface area (Å²) in [6.45, 7) is 3.85. The summed E-state index contributed by atoms with van der Waals surface area (Å²) in [5.74, 6) is 4.95. The minimum atomic E-state index is -0.639. The molecule has 2 aromatic rings. The molecule has 0 aromatic heterocycles.